The third kappa shape index (κ3) is 4.79. The number of amides is 1. The van der Waals surface area contributed by atoms with Gasteiger partial charge in [0.15, 0.2) is 0 Å². The number of carbonyl (C=O) groups is 1. The SMILES string of the molecule is CC(C)(C)N1C=CC(NC(=O)Cc2cc(-c3ccccc3)ccc2O)=CC1. The molecule has 0 aliphatic carbocycles. The predicted molar refractivity (Wildman–Crippen MR) is 109 cm³/mol. The van der Waals surface area contributed by atoms with Crippen LogP contribution >= 0.6 is 0 Å². The molecule has 0 atom stereocenters. The summed E-state index contributed by atoms with van der Waals surface area (Å²) in [5.41, 5.74) is 3.49. The maximum absolute atomic E-state index is 12.4. The predicted octanol–water partition coefficient (Wildman–Crippen LogP) is 4.23. The van der Waals surface area contributed by atoms with E-state index in [-0.39, 0.29) is 23.6 Å². The molecular weight excluding hydrogens is 336 g/mol. The lowest BCUT2D eigenvalue weighted by Crippen LogP contribution is -2.39. The van der Waals surface area contributed by atoms with Crippen LogP contribution in [0.5, 0.6) is 5.75 Å². The second kappa shape index (κ2) is 7.70. The van der Waals surface area contributed by atoms with Gasteiger partial charge < -0.3 is 15.3 Å². The molecule has 0 saturated heterocycles. The van der Waals surface area contributed by atoms with E-state index in [2.05, 4.69) is 31.0 Å². The monoisotopic (exact) mass is 362 g/mol. The number of carbonyl (C=O) groups excluding carboxylic acids is 1. The zero-order valence-electron chi connectivity index (χ0n) is 16.1. The van der Waals surface area contributed by atoms with Crippen molar-refractivity contribution in [2.45, 2.75) is 32.7 Å². The highest BCUT2D eigenvalue weighted by Crippen LogP contribution is 2.26. The van der Waals surface area contributed by atoms with E-state index in [0.29, 0.717) is 5.56 Å². The van der Waals surface area contributed by atoms with Crippen LogP contribution in [0.2, 0.25) is 0 Å². The van der Waals surface area contributed by atoms with Crippen molar-refractivity contribution in [3.63, 3.8) is 0 Å². The van der Waals surface area contributed by atoms with Crippen LogP contribution in [0.3, 0.4) is 0 Å². The fourth-order valence-corrected chi connectivity index (χ4v) is 3.00. The van der Waals surface area contributed by atoms with Gasteiger partial charge in [0.1, 0.15) is 5.75 Å². The number of hydrogen-bond acceptors (Lipinski definition) is 3. The molecule has 0 spiro atoms. The van der Waals surface area contributed by atoms with E-state index in [1.807, 2.05) is 60.8 Å². The van der Waals surface area contributed by atoms with Gasteiger partial charge in [0.05, 0.1) is 6.42 Å². The van der Waals surface area contributed by atoms with Gasteiger partial charge in [-0.2, -0.15) is 0 Å². The number of phenols is 1. The molecule has 1 amide bonds. The van der Waals surface area contributed by atoms with Gasteiger partial charge in [-0.15, -0.1) is 0 Å². The summed E-state index contributed by atoms with van der Waals surface area (Å²) >= 11 is 0. The van der Waals surface area contributed by atoms with E-state index in [1.165, 1.54) is 0 Å². The van der Waals surface area contributed by atoms with Crippen molar-refractivity contribution < 1.29 is 9.90 Å². The molecule has 2 aromatic rings. The Morgan fingerprint density at radius 2 is 1.85 bits per heavy atom. The van der Waals surface area contributed by atoms with Crippen LogP contribution in [0.15, 0.2) is 72.6 Å². The van der Waals surface area contributed by atoms with Crippen LogP contribution < -0.4 is 5.32 Å². The van der Waals surface area contributed by atoms with Crippen molar-refractivity contribution in [3.05, 3.63) is 78.1 Å². The third-order valence-electron chi connectivity index (χ3n) is 4.62. The summed E-state index contributed by atoms with van der Waals surface area (Å²) < 4.78 is 0. The molecule has 0 unspecified atom stereocenters. The van der Waals surface area contributed by atoms with Crippen LogP contribution in [-0.4, -0.2) is 28.0 Å². The fourth-order valence-electron chi connectivity index (χ4n) is 3.00. The molecule has 0 bridgehead atoms. The van der Waals surface area contributed by atoms with Gasteiger partial charge in [-0.3, -0.25) is 4.79 Å². The summed E-state index contributed by atoms with van der Waals surface area (Å²) in [7, 11) is 0. The van der Waals surface area contributed by atoms with E-state index in [0.717, 1.165) is 23.4 Å². The van der Waals surface area contributed by atoms with Gasteiger partial charge in [-0.05, 0) is 56.2 Å². The first-order valence-electron chi connectivity index (χ1n) is 9.15. The molecular formula is C23H26N2O2. The van der Waals surface area contributed by atoms with E-state index in [9.17, 15) is 9.90 Å². The minimum atomic E-state index is -0.143. The van der Waals surface area contributed by atoms with Crippen LogP contribution in [0.1, 0.15) is 26.3 Å². The van der Waals surface area contributed by atoms with Crippen LogP contribution in [0, 0.1) is 0 Å². The van der Waals surface area contributed by atoms with Crippen molar-refractivity contribution >= 4 is 5.91 Å². The minimum absolute atomic E-state index is 0.0478. The van der Waals surface area contributed by atoms with Gasteiger partial charge in [0.25, 0.3) is 0 Å². The highest BCUT2D eigenvalue weighted by molar-refractivity contribution is 5.82. The second-order valence-corrected chi connectivity index (χ2v) is 7.73. The first kappa shape index (κ1) is 18.8. The number of benzene rings is 2. The minimum Gasteiger partial charge on any atom is -0.508 e. The molecule has 0 aromatic heterocycles. The van der Waals surface area contributed by atoms with Crippen molar-refractivity contribution in [2.24, 2.45) is 0 Å². The van der Waals surface area contributed by atoms with Crippen molar-refractivity contribution in [3.8, 4) is 16.9 Å². The highest BCUT2D eigenvalue weighted by atomic mass is 16.3. The average Bonchev–Trinajstić information content (AvgIpc) is 2.64. The molecule has 27 heavy (non-hydrogen) atoms. The Bertz CT molecular complexity index is 877. The largest absolute Gasteiger partial charge is 0.508 e. The zero-order valence-corrected chi connectivity index (χ0v) is 16.1. The Morgan fingerprint density at radius 1 is 1.11 bits per heavy atom. The molecule has 1 aliphatic heterocycles. The van der Waals surface area contributed by atoms with Crippen LogP contribution in [-0.2, 0) is 11.2 Å². The average molecular weight is 362 g/mol. The number of phenolic OH excluding ortho intramolecular Hbond substituents is 1. The summed E-state index contributed by atoms with van der Waals surface area (Å²) in [6, 6.07) is 15.3. The molecule has 4 heteroatoms. The second-order valence-electron chi connectivity index (χ2n) is 7.73. The van der Waals surface area contributed by atoms with Gasteiger partial charge in [-0.25, -0.2) is 0 Å². The molecule has 140 valence electrons. The summed E-state index contributed by atoms with van der Waals surface area (Å²) in [4.78, 5) is 14.7. The number of aromatic hydroxyl groups is 1. The van der Waals surface area contributed by atoms with Crippen molar-refractivity contribution in [2.75, 3.05) is 6.54 Å². The zero-order chi connectivity index (χ0) is 19.4. The molecule has 0 radical (unpaired) electrons. The molecule has 2 N–H and O–H groups in total. The Balaban J connectivity index is 1.67. The lowest BCUT2D eigenvalue weighted by Gasteiger charge is -2.35. The standard InChI is InChI=1S/C23H26N2O2/c1-23(2,3)25-13-11-20(12-14-25)24-22(27)16-19-15-18(9-10-21(19)26)17-7-5-4-6-8-17/h4-13,15,26H,14,16H2,1-3H3,(H,24,27). The molecule has 0 fully saturated rings. The Morgan fingerprint density at radius 3 is 2.48 bits per heavy atom. The van der Waals surface area contributed by atoms with Gasteiger partial charge in [-0.1, -0.05) is 36.4 Å². The summed E-state index contributed by atoms with van der Waals surface area (Å²) in [6.07, 6.45) is 6.04. The Kier molecular flexibility index (Phi) is 5.36. The Labute approximate surface area is 160 Å². The van der Waals surface area contributed by atoms with Gasteiger partial charge in [0.2, 0.25) is 5.91 Å². The van der Waals surface area contributed by atoms with E-state index >= 15 is 0 Å². The first-order chi connectivity index (χ1) is 12.8. The maximum atomic E-state index is 12.4. The fraction of sp³-hybridized carbons (Fsp3) is 0.261. The normalized spacial score (nSPS) is 14.0. The third-order valence-corrected chi connectivity index (χ3v) is 4.62. The van der Waals surface area contributed by atoms with E-state index in [1.54, 1.807) is 6.07 Å². The topological polar surface area (TPSA) is 52.6 Å². The van der Waals surface area contributed by atoms with Crippen LogP contribution in [0.4, 0.5) is 0 Å². The van der Waals surface area contributed by atoms with Gasteiger partial charge in [0, 0.05) is 29.5 Å². The smallest absolute Gasteiger partial charge is 0.228 e. The van der Waals surface area contributed by atoms with Crippen molar-refractivity contribution in [1.29, 1.82) is 0 Å². The van der Waals surface area contributed by atoms with Crippen molar-refractivity contribution in [1.82, 2.24) is 10.2 Å². The quantitative estimate of drug-likeness (QED) is 0.856. The summed E-state index contributed by atoms with van der Waals surface area (Å²) in [5.74, 6) is -0.00692. The highest BCUT2D eigenvalue weighted by Gasteiger charge is 2.19. The van der Waals surface area contributed by atoms with E-state index < -0.39 is 0 Å². The van der Waals surface area contributed by atoms with Gasteiger partial charge >= 0.3 is 0 Å². The molecule has 1 aliphatic rings. The Hall–Kier alpha value is -3.01. The molecule has 4 nitrogen and oxygen atoms in total. The van der Waals surface area contributed by atoms with E-state index in [4.69, 9.17) is 0 Å². The lowest BCUT2D eigenvalue weighted by molar-refractivity contribution is -0.119. The maximum Gasteiger partial charge on any atom is 0.228 e. The molecule has 0 saturated carbocycles. The number of hydrogen-bond donors (Lipinski definition) is 2. The number of allylic oxidation sites excluding steroid dienone is 1. The number of nitrogens with zero attached hydrogens (tertiary/aromatic N) is 1. The number of nitrogens with one attached hydrogen (secondary N) is 1. The molecule has 3 rings (SSSR count). The molecule has 1 heterocycles. The summed E-state index contributed by atoms with van der Waals surface area (Å²) in [5, 5.41) is 13.1. The lowest BCUT2D eigenvalue weighted by atomic mass is 10.0. The first-order valence-corrected chi connectivity index (χ1v) is 9.15. The van der Waals surface area contributed by atoms with Crippen LogP contribution in [0.25, 0.3) is 11.1 Å². The molecule has 2 aromatic carbocycles. The number of rotatable bonds is 4. The summed E-state index contributed by atoms with van der Waals surface area (Å²) in [6.45, 7) is 7.20.